The molecular weight excluding hydrogens is 294 g/mol. The smallest absolute Gasteiger partial charge is 0.414 e. The molecule has 1 amide bonds. The third-order valence-electron chi connectivity index (χ3n) is 3.84. The second-order valence-electron chi connectivity index (χ2n) is 7.09. The maximum absolute atomic E-state index is 12.5. The number of nitrogens with zero attached hydrogens (tertiary/aromatic N) is 1. The Morgan fingerprint density at radius 3 is 2.48 bits per heavy atom. The lowest BCUT2D eigenvalue weighted by Gasteiger charge is -2.25. The maximum atomic E-state index is 12.5. The van der Waals surface area contributed by atoms with E-state index in [4.69, 9.17) is 9.47 Å². The summed E-state index contributed by atoms with van der Waals surface area (Å²) >= 11 is 0. The van der Waals surface area contributed by atoms with Gasteiger partial charge in [0.2, 0.25) is 0 Å². The van der Waals surface area contributed by atoms with Gasteiger partial charge >= 0.3 is 12.1 Å². The molecule has 0 saturated heterocycles. The third-order valence-corrected chi connectivity index (χ3v) is 3.84. The van der Waals surface area contributed by atoms with Crippen LogP contribution in [0.2, 0.25) is 0 Å². The fourth-order valence-electron chi connectivity index (χ4n) is 3.02. The minimum atomic E-state index is -0.559. The van der Waals surface area contributed by atoms with E-state index in [2.05, 4.69) is 0 Å². The zero-order valence-corrected chi connectivity index (χ0v) is 14.7. The average molecular weight is 319 g/mol. The van der Waals surface area contributed by atoms with Crippen molar-refractivity contribution in [3.05, 3.63) is 28.8 Å². The van der Waals surface area contributed by atoms with Crippen LogP contribution < -0.4 is 4.90 Å². The number of rotatable bonds is 2. The summed E-state index contributed by atoms with van der Waals surface area (Å²) in [5.74, 6) is -0.338. The lowest BCUT2D eigenvalue weighted by Crippen LogP contribution is -2.36. The summed E-state index contributed by atoms with van der Waals surface area (Å²) in [6.45, 7) is 9.95. The van der Waals surface area contributed by atoms with E-state index in [0.717, 1.165) is 22.4 Å². The van der Waals surface area contributed by atoms with Crippen LogP contribution in [0.15, 0.2) is 12.1 Å². The molecular formula is C18H25NO4. The molecule has 0 unspecified atom stereocenters. The number of esters is 1. The Balaban J connectivity index is 2.38. The highest BCUT2D eigenvalue weighted by Crippen LogP contribution is 2.41. The molecule has 23 heavy (non-hydrogen) atoms. The quantitative estimate of drug-likeness (QED) is 0.780. The van der Waals surface area contributed by atoms with Crippen molar-refractivity contribution in [1.29, 1.82) is 0 Å². The summed E-state index contributed by atoms with van der Waals surface area (Å²) in [7, 11) is 1.38. The van der Waals surface area contributed by atoms with Gasteiger partial charge in [-0.15, -0.1) is 0 Å². The van der Waals surface area contributed by atoms with Gasteiger partial charge in [-0.25, -0.2) is 4.79 Å². The van der Waals surface area contributed by atoms with Crippen LogP contribution in [-0.4, -0.2) is 31.3 Å². The summed E-state index contributed by atoms with van der Waals surface area (Å²) < 4.78 is 10.3. The number of anilines is 1. The number of carbonyl (C=O) groups excluding carboxylic acids is 2. The van der Waals surface area contributed by atoms with E-state index in [0.29, 0.717) is 6.54 Å². The predicted octanol–water partition coefficient (Wildman–Crippen LogP) is 3.71. The van der Waals surface area contributed by atoms with Gasteiger partial charge in [0.15, 0.2) is 0 Å². The summed E-state index contributed by atoms with van der Waals surface area (Å²) in [4.78, 5) is 25.9. The van der Waals surface area contributed by atoms with E-state index in [-0.39, 0.29) is 24.4 Å². The SMILES string of the molecule is COC(=O)C[C@H]1CN(C(=O)OC(C)(C)C)c2c(C)cc(C)cc21. The van der Waals surface area contributed by atoms with Crippen LogP contribution in [0, 0.1) is 13.8 Å². The van der Waals surface area contributed by atoms with Crippen molar-refractivity contribution >= 4 is 17.7 Å². The van der Waals surface area contributed by atoms with E-state index >= 15 is 0 Å². The molecule has 0 spiro atoms. The topological polar surface area (TPSA) is 55.8 Å². The molecule has 1 aromatic rings. The number of methoxy groups -OCH3 is 1. The van der Waals surface area contributed by atoms with Crippen molar-refractivity contribution in [3.8, 4) is 0 Å². The fraction of sp³-hybridized carbons (Fsp3) is 0.556. The number of ether oxygens (including phenoxy) is 2. The molecule has 1 aliphatic heterocycles. The van der Waals surface area contributed by atoms with Gasteiger partial charge in [-0.2, -0.15) is 0 Å². The second kappa shape index (κ2) is 6.22. The fourth-order valence-corrected chi connectivity index (χ4v) is 3.02. The summed E-state index contributed by atoms with van der Waals surface area (Å²) in [6, 6.07) is 4.08. The minimum absolute atomic E-state index is 0.0661. The van der Waals surface area contributed by atoms with Crippen LogP contribution >= 0.6 is 0 Å². The van der Waals surface area contributed by atoms with Gasteiger partial charge in [-0.05, 0) is 45.7 Å². The molecule has 0 N–H and O–H groups in total. The van der Waals surface area contributed by atoms with Gasteiger partial charge in [0.1, 0.15) is 5.60 Å². The minimum Gasteiger partial charge on any atom is -0.469 e. The average Bonchev–Trinajstić information content (AvgIpc) is 2.76. The first-order valence-electron chi connectivity index (χ1n) is 7.81. The Labute approximate surface area is 137 Å². The predicted molar refractivity (Wildman–Crippen MR) is 88.9 cm³/mol. The van der Waals surface area contributed by atoms with E-state index in [1.165, 1.54) is 7.11 Å². The van der Waals surface area contributed by atoms with Gasteiger partial charge in [-0.1, -0.05) is 17.7 Å². The Morgan fingerprint density at radius 2 is 1.91 bits per heavy atom. The van der Waals surface area contributed by atoms with Crippen molar-refractivity contribution < 1.29 is 19.1 Å². The van der Waals surface area contributed by atoms with Crippen molar-refractivity contribution in [1.82, 2.24) is 0 Å². The van der Waals surface area contributed by atoms with Gasteiger partial charge in [0, 0.05) is 12.5 Å². The number of hydrogen-bond donors (Lipinski definition) is 0. The van der Waals surface area contributed by atoms with Crippen molar-refractivity contribution in [3.63, 3.8) is 0 Å². The highest BCUT2D eigenvalue weighted by Gasteiger charge is 2.37. The molecule has 1 aromatic carbocycles. The van der Waals surface area contributed by atoms with E-state index in [1.807, 2.05) is 46.8 Å². The van der Waals surface area contributed by atoms with E-state index in [1.54, 1.807) is 4.90 Å². The number of aryl methyl sites for hydroxylation is 2. The molecule has 1 atom stereocenters. The van der Waals surface area contributed by atoms with Gasteiger partial charge < -0.3 is 9.47 Å². The molecule has 126 valence electrons. The molecule has 0 aliphatic carbocycles. The van der Waals surface area contributed by atoms with Crippen LogP contribution in [-0.2, 0) is 14.3 Å². The van der Waals surface area contributed by atoms with Crippen LogP contribution in [0.1, 0.15) is 49.8 Å². The van der Waals surface area contributed by atoms with Crippen LogP contribution in [0.4, 0.5) is 10.5 Å². The van der Waals surface area contributed by atoms with Crippen LogP contribution in [0.25, 0.3) is 0 Å². The molecule has 1 aliphatic rings. The highest BCUT2D eigenvalue weighted by molar-refractivity contribution is 5.93. The van der Waals surface area contributed by atoms with Crippen LogP contribution in [0.5, 0.6) is 0 Å². The number of fused-ring (bicyclic) bond motifs is 1. The zero-order valence-electron chi connectivity index (χ0n) is 14.7. The zero-order chi connectivity index (χ0) is 17.4. The van der Waals surface area contributed by atoms with Crippen molar-refractivity contribution in [2.45, 2.75) is 52.6 Å². The van der Waals surface area contributed by atoms with Gasteiger partial charge in [0.05, 0.1) is 19.2 Å². The van der Waals surface area contributed by atoms with E-state index < -0.39 is 5.60 Å². The number of benzene rings is 1. The molecule has 2 rings (SSSR count). The number of carbonyl (C=O) groups is 2. The number of hydrogen-bond acceptors (Lipinski definition) is 4. The first kappa shape index (κ1) is 17.3. The monoisotopic (exact) mass is 319 g/mol. The summed E-state index contributed by atoms with van der Waals surface area (Å²) in [5, 5.41) is 0. The van der Waals surface area contributed by atoms with Gasteiger partial charge in [-0.3, -0.25) is 9.69 Å². The molecule has 5 nitrogen and oxygen atoms in total. The first-order valence-corrected chi connectivity index (χ1v) is 7.81. The summed E-state index contributed by atoms with van der Waals surface area (Å²) in [5.41, 5.74) is 3.44. The van der Waals surface area contributed by atoms with Gasteiger partial charge in [0.25, 0.3) is 0 Å². The van der Waals surface area contributed by atoms with Crippen molar-refractivity contribution in [2.24, 2.45) is 0 Å². The number of amides is 1. The normalized spacial score (nSPS) is 17.0. The van der Waals surface area contributed by atoms with Crippen molar-refractivity contribution in [2.75, 3.05) is 18.6 Å². The molecule has 0 bridgehead atoms. The van der Waals surface area contributed by atoms with E-state index in [9.17, 15) is 9.59 Å². The lowest BCUT2D eigenvalue weighted by molar-refractivity contribution is -0.141. The standard InChI is InChI=1S/C18H25NO4/c1-11-7-12(2)16-14(8-11)13(9-15(20)22-6)10-19(16)17(21)23-18(3,4)5/h7-8,13H,9-10H2,1-6H3/t13-/m0/s1. The summed E-state index contributed by atoms with van der Waals surface area (Å²) in [6.07, 6.45) is -0.121. The second-order valence-corrected chi connectivity index (χ2v) is 7.09. The Hall–Kier alpha value is -2.04. The molecule has 0 radical (unpaired) electrons. The molecule has 5 heteroatoms. The lowest BCUT2D eigenvalue weighted by atomic mass is 9.94. The molecule has 0 aromatic heterocycles. The van der Waals surface area contributed by atoms with Crippen LogP contribution in [0.3, 0.4) is 0 Å². The Morgan fingerprint density at radius 1 is 1.26 bits per heavy atom. The molecule has 0 saturated carbocycles. The Bertz CT molecular complexity index is 631. The maximum Gasteiger partial charge on any atom is 0.414 e. The molecule has 1 heterocycles. The Kier molecular flexibility index (Phi) is 4.68. The molecule has 0 fully saturated rings. The largest absolute Gasteiger partial charge is 0.469 e. The highest BCUT2D eigenvalue weighted by atomic mass is 16.6. The third kappa shape index (κ3) is 3.84. The first-order chi connectivity index (χ1) is 10.6.